The molecule has 0 saturated carbocycles. The SMILES string of the molecule is O=C(CC1CCN(c2ncnc3cnccc23)CC1)N1CCOCC1. The number of rotatable bonds is 3. The maximum absolute atomic E-state index is 12.4. The summed E-state index contributed by atoms with van der Waals surface area (Å²) in [7, 11) is 0. The van der Waals surface area contributed by atoms with Crippen molar-refractivity contribution in [3.05, 3.63) is 24.8 Å². The van der Waals surface area contributed by atoms with Crippen LogP contribution in [0.15, 0.2) is 24.8 Å². The molecule has 4 rings (SSSR count). The summed E-state index contributed by atoms with van der Waals surface area (Å²) in [6, 6.07) is 1.97. The molecule has 2 aromatic heterocycles. The van der Waals surface area contributed by atoms with Gasteiger partial charge in [-0.15, -0.1) is 0 Å². The Kier molecular flexibility index (Phi) is 4.74. The molecule has 0 bridgehead atoms. The van der Waals surface area contributed by atoms with E-state index in [0.717, 1.165) is 55.7 Å². The van der Waals surface area contributed by atoms with Crippen molar-refractivity contribution >= 4 is 22.6 Å². The van der Waals surface area contributed by atoms with Gasteiger partial charge in [0.05, 0.1) is 24.9 Å². The van der Waals surface area contributed by atoms with Crippen LogP contribution in [0.4, 0.5) is 5.82 Å². The Bertz CT molecular complexity index is 734. The minimum absolute atomic E-state index is 0.278. The molecule has 132 valence electrons. The topological polar surface area (TPSA) is 71.5 Å². The van der Waals surface area contributed by atoms with Crippen LogP contribution in [0.1, 0.15) is 19.3 Å². The molecule has 2 saturated heterocycles. The molecule has 0 aromatic carbocycles. The first-order valence-corrected chi connectivity index (χ1v) is 8.96. The first-order chi connectivity index (χ1) is 12.3. The molecule has 2 aliphatic heterocycles. The van der Waals surface area contributed by atoms with Gasteiger partial charge in [0.2, 0.25) is 5.91 Å². The molecule has 25 heavy (non-hydrogen) atoms. The average Bonchev–Trinajstić information content (AvgIpc) is 2.69. The third-order valence-electron chi connectivity index (χ3n) is 5.16. The van der Waals surface area contributed by atoms with Crippen LogP contribution in [0, 0.1) is 5.92 Å². The van der Waals surface area contributed by atoms with Crippen molar-refractivity contribution in [3.8, 4) is 0 Å². The van der Waals surface area contributed by atoms with Gasteiger partial charge in [-0.3, -0.25) is 9.78 Å². The Morgan fingerprint density at radius 1 is 1.16 bits per heavy atom. The largest absolute Gasteiger partial charge is 0.378 e. The normalized spacial score (nSPS) is 19.4. The number of nitrogens with zero attached hydrogens (tertiary/aromatic N) is 5. The molecular formula is C18H23N5O2. The molecule has 0 radical (unpaired) electrons. The lowest BCUT2D eigenvalue weighted by molar-refractivity contribution is -0.136. The number of morpholine rings is 1. The number of carbonyl (C=O) groups excluding carboxylic acids is 1. The molecule has 0 aliphatic carbocycles. The van der Waals surface area contributed by atoms with E-state index in [-0.39, 0.29) is 5.91 Å². The summed E-state index contributed by atoms with van der Waals surface area (Å²) in [5, 5.41) is 1.04. The van der Waals surface area contributed by atoms with Gasteiger partial charge in [-0.2, -0.15) is 0 Å². The maximum Gasteiger partial charge on any atom is 0.223 e. The van der Waals surface area contributed by atoms with Crippen LogP contribution >= 0.6 is 0 Å². The number of hydrogen-bond donors (Lipinski definition) is 0. The quantitative estimate of drug-likeness (QED) is 0.842. The summed E-state index contributed by atoms with van der Waals surface area (Å²) < 4.78 is 5.32. The van der Waals surface area contributed by atoms with Crippen molar-refractivity contribution in [1.82, 2.24) is 19.9 Å². The van der Waals surface area contributed by atoms with Crippen molar-refractivity contribution in [2.75, 3.05) is 44.3 Å². The second kappa shape index (κ2) is 7.31. The summed E-state index contributed by atoms with van der Waals surface area (Å²) in [5.41, 5.74) is 0.872. The fraction of sp³-hybridized carbons (Fsp3) is 0.556. The van der Waals surface area contributed by atoms with Crippen molar-refractivity contribution in [3.63, 3.8) is 0 Å². The van der Waals surface area contributed by atoms with Gasteiger partial charge in [-0.25, -0.2) is 9.97 Å². The minimum atomic E-state index is 0.278. The second-order valence-electron chi connectivity index (χ2n) is 6.72. The monoisotopic (exact) mass is 341 g/mol. The van der Waals surface area contributed by atoms with Gasteiger partial charge >= 0.3 is 0 Å². The van der Waals surface area contributed by atoms with E-state index in [4.69, 9.17) is 4.74 Å². The highest BCUT2D eigenvalue weighted by atomic mass is 16.5. The van der Waals surface area contributed by atoms with E-state index >= 15 is 0 Å². The van der Waals surface area contributed by atoms with Crippen LogP contribution in [0.5, 0.6) is 0 Å². The standard InChI is InChI=1S/C18H23N5O2/c24-17(22-7-9-25-10-8-22)11-14-2-5-23(6-3-14)18-15-1-4-19-12-16(15)20-13-21-18/h1,4,12-14H,2-3,5-11H2. The Morgan fingerprint density at radius 3 is 2.76 bits per heavy atom. The van der Waals surface area contributed by atoms with Crippen LogP contribution in [-0.4, -0.2) is 65.2 Å². The van der Waals surface area contributed by atoms with Crippen LogP contribution in [0.3, 0.4) is 0 Å². The molecule has 2 aromatic rings. The summed E-state index contributed by atoms with van der Waals surface area (Å²) >= 11 is 0. The predicted molar refractivity (Wildman–Crippen MR) is 94.3 cm³/mol. The van der Waals surface area contributed by atoms with Crippen LogP contribution in [0.2, 0.25) is 0 Å². The van der Waals surface area contributed by atoms with Crippen molar-refractivity contribution < 1.29 is 9.53 Å². The third-order valence-corrected chi connectivity index (χ3v) is 5.16. The van der Waals surface area contributed by atoms with E-state index < -0.39 is 0 Å². The van der Waals surface area contributed by atoms with E-state index in [1.165, 1.54) is 0 Å². The zero-order valence-corrected chi connectivity index (χ0v) is 14.3. The predicted octanol–water partition coefficient (Wildman–Crippen LogP) is 1.49. The van der Waals surface area contributed by atoms with Crippen LogP contribution in [0.25, 0.3) is 10.9 Å². The van der Waals surface area contributed by atoms with Gasteiger partial charge < -0.3 is 14.5 Å². The lowest BCUT2D eigenvalue weighted by Crippen LogP contribution is -2.42. The van der Waals surface area contributed by atoms with Gasteiger partial charge in [0.15, 0.2) is 0 Å². The number of amides is 1. The zero-order valence-electron chi connectivity index (χ0n) is 14.3. The summed E-state index contributed by atoms with van der Waals surface area (Å²) in [4.78, 5) is 29.6. The van der Waals surface area contributed by atoms with Gasteiger partial charge in [0, 0.05) is 44.2 Å². The van der Waals surface area contributed by atoms with Gasteiger partial charge in [0.1, 0.15) is 12.1 Å². The number of ether oxygens (including phenoxy) is 1. The number of aromatic nitrogens is 3. The molecule has 1 amide bonds. The molecule has 2 aliphatic rings. The van der Waals surface area contributed by atoms with Crippen molar-refractivity contribution in [2.24, 2.45) is 5.92 Å². The first-order valence-electron chi connectivity index (χ1n) is 8.96. The molecule has 4 heterocycles. The second-order valence-corrected chi connectivity index (χ2v) is 6.72. The van der Waals surface area contributed by atoms with Gasteiger partial charge in [-0.1, -0.05) is 0 Å². The number of carbonyl (C=O) groups is 1. The maximum atomic E-state index is 12.4. The smallest absolute Gasteiger partial charge is 0.223 e. The molecule has 0 unspecified atom stereocenters. The van der Waals surface area contributed by atoms with E-state index in [1.54, 1.807) is 18.7 Å². The molecule has 7 nitrogen and oxygen atoms in total. The third kappa shape index (κ3) is 3.56. The number of pyridine rings is 1. The molecule has 0 spiro atoms. The first kappa shape index (κ1) is 16.2. The summed E-state index contributed by atoms with van der Waals surface area (Å²) in [5.74, 6) is 1.71. The van der Waals surface area contributed by atoms with Gasteiger partial charge in [-0.05, 0) is 24.8 Å². The lowest BCUT2D eigenvalue weighted by atomic mass is 9.92. The number of hydrogen-bond acceptors (Lipinski definition) is 6. The number of anilines is 1. The summed E-state index contributed by atoms with van der Waals surface area (Å²) in [6.45, 7) is 4.65. The van der Waals surface area contributed by atoms with E-state index in [2.05, 4.69) is 19.9 Å². The van der Waals surface area contributed by atoms with E-state index in [9.17, 15) is 4.79 Å². The van der Waals surface area contributed by atoms with Crippen LogP contribution in [-0.2, 0) is 9.53 Å². The highest BCUT2D eigenvalue weighted by Crippen LogP contribution is 2.28. The molecule has 0 atom stereocenters. The Balaban J connectivity index is 1.37. The summed E-state index contributed by atoms with van der Waals surface area (Å²) in [6.07, 6.45) is 7.85. The highest BCUT2D eigenvalue weighted by Gasteiger charge is 2.26. The average molecular weight is 341 g/mol. The fourth-order valence-electron chi connectivity index (χ4n) is 3.68. The Labute approximate surface area is 147 Å². The van der Waals surface area contributed by atoms with Crippen molar-refractivity contribution in [1.29, 1.82) is 0 Å². The van der Waals surface area contributed by atoms with Crippen molar-refractivity contribution in [2.45, 2.75) is 19.3 Å². The van der Waals surface area contributed by atoms with E-state index in [1.807, 2.05) is 11.0 Å². The molecule has 2 fully saturated rings. The fourth-order valence-corrected chi connectivity index (χ4v) is 3.68. The van der Waals surface area contributed by atoms with Gasteiger partial charge in [0.25, 0.3) is 0 Å². The van der Waals surface area contributed by atoms with E-state index in [0.29, 0.717) is 25.6 Å². The lowest BCUT2D eigenvalue weighted by Gasteiger charge is -2.34. The Hall–Kier alpha value is -2.28. The number of piperidine rings is 1. The highest BCUT2D eigenvalue weighted by molar-refractivity contribution is 5.88. The number of fused-ring (bicyclic) bond motifs is 1. The molecule has 7 heteroatoms. The van der Waals surface area contributed by atoms with Crippen LogP contribution < -0.4 is 4.90 Å². The minimum Gasteiger partial charge on any atom is -0.378 e. The Morgan fingerprint density at radius 2 is 1.96 bits per heavy atom. The zero-order chi connectivity index (χ0) is 17.1. The molecule has 0 N–H and O–H groups in total. The molecular weight excluding hydrogens is 318 g/mol.